The summed E-state index contributed by atoms with van der Waals surface area (Å²) in [5.74, 6) is -0.0617. The third-order valence-electron chi connectivity index (χ3n) is 4.39. The molecule has 2 aromatic rings. The van der Waals surface area contributed by atoms with Gasteiger partial charge in [0, 0.05) is 13.0 Å². The number of sulfonamides is 1. The molecule has 2 rings (SSSR count). The molecule has 0 heterocycles. The van der Waals surface area contributed by atoms with E-state index in [1.165, 1.54) is 12.1 Å². The monoisotopic (exact) mass is 447 g/mol. The summed E-state index contributed by atoms with van der Waals surface area (Å²) in [4.78, 5) is 10.7. The number of aliphatic carboxylic acids is 1. The van der Waals surface area contributed by atoms with Crippen molar-refractivity contribution < 1.29 is 23.1 Å². The largest absolute Gasteiger partial charge is 0.494 e. The van der Waals surface area contributed by atoms with Crippen LogP contribution in [-0.4, -0.2) is 32.6 Å². The Labute approximate surface area is 183 Å². The molecule has 0 saturated heterocycles. The summed E-state index contributed by atoms with van der Waals surface area (Å²) in [6.45, 7) is 2.95. The quantitative estimate of drug-likeness (QED) is 0.305. The second-order valence-electron chi connectivity index (χ2n) is 6.99. The number of hydrogen-bond donors (Lipinski definition) is 2. The van der Waals surface area contributed by atoms with Gasteiger partial charge >= 0.3 is 5.97 Å². The zero-order valence-corrected chi connectivity index (χ0v) is 18.5. The molecule has 0 aliphatic rings. The highest BCUT2D eigenvalue weighted by Crippen LogP contribution is 2.22. The Bertz CT molecular complexity index is 942. The van der Waals surface area contributed by atoms with E-state index in [0.717, 1.165) is 25.7 Å². The number of carboxylic acids is 1. The predicted octanol–water partition coefficient (Wildman–Crippen LogP) is 5.20. The number of benzene rings is 2. The van der Waals surface area contributed by atoms with Crippen LogP contribution in [0.2, 0.25) is 0 Å². The van der Waals surface area contributed by atoms with Crippen LogP contribution in [0, 0.1) is 0 Å². The number of unbranched alkanes of at least 4 members (excludes halogenated alkanes) is 3. The van der Waals surface area contributed by atoms with Crippen LogP contribution in [0.25, 0.3) is 0 Å². The first-order chi connectivity index (χ1) is 14.9. The summed E-state index contributed by atoms with van der Waals surface area (Å²) in [5, 5.41) is 16.9. The Balaban J connectivity index is 1.82. The number of azo groups is 1. The van der Waals surface area contributed by atoms with E-state index in [0.29, 0.717) is 36.7 Å². The molecular formula is C22H29N3O5S. The van der Waals surface area contributed by atoms with Gasteiger partial charge in [-0.1, -0.05) is 13.3 Å². The normalized spacial score (nSPS) is 11.6. The van der Waals surface area contributed by atoms with Crippen molar-refractivity contribution in [1.29, 1.82) is 0 Å². The van der Waals surface area contributed by atoms with E-state index in [4.69, 9.17) is 9.84 Å². The van der Waals surface area contributed by atoms with Gasteiger partial charge in [-0.25, -0.2) is 13.1 Å². The second-order valence-corrected chi connectivity index (χ2v) is 8.76. The summed E-state index contributed by atoms with van der Waals surface area (Å²) in [7, 11) is -3.50. The van der Waals surface area contributed by atoms with E-state index in [9.17, 15) is 13.2 Å². The zero-order valence-electron chi connectivity index (χ0n) is 17.7. The molecule has 0 bridgehead atoms. The van der Waals surface area contributed by atoms with Crippen molar-refractivity contribution in [3.8, 4) is 5.75 Å². The smallest absolute Gasteiger partial charge is 0.303 e. The summed E-state index contributed by atoms with van der Waals surface area (Å²) in [6, 6.07) is 13.4. The van der Waals surface area contributed by atoms with Gasteiger partial charge in [0.05, 0.1) is 22.9 Å². The maximum atomic E-state index is 12.2. The van der Waals surface area contributed by atoms with Gasteiger partial charge in [-0.3, -0.25) is 4.79 Å². The van der Waals surface area contributed by atoms with Gasteiger partial charge < -0.3 is 9.84 Å². The molecule has 0 unspecified atom stereocenters. The molecule has 0 radical (unpaired) electrons. The van der Waals surface area contributed by atoms with Crippen molar-refractivity contribution >= 4 is 27.4 Å². The summed E-state index contributed by atoms with van der Waals surface area (Å²) in [6.07, 6.45) is 4.17. The standard InChI is InChI=1S/C22H29N3O5S/c1-2-3-16-23-31(28,29)21-14-10-19(11-15-21)25-24-18-8-12-20(13-9-18)30-17-6-4-5-7-22(26)27/h8-15,23H,2-7,16-17H2,1H3,(H,26,27). The highest BCUT2D eigenvalue weighted by atomic mass is 32.2. The highest BCUT2D eigenvalue weighted by Gasteiger charge is 2.12. The third-order valence-corrected chi connectivity index (χ3v) is 5.87. The first-order valence-corrected chi connectivity index (χ1v) is 11.8. The average Bonchev–Trinajstić information content (AvgIpc) is 2.76. The number of carboxylic acid groups (broad SMARTS) is 1. The van der Waals surface area contributed by atoms with Crippen LogP contribution in [-0.2, 0) is 14.8 Å². The molecule has 0 aliphatic carbocycles. The number of ether oxygens (including phenoxy) is 1. The van der Waals surface area contributed by atoms with Crippen LogP contribution in [0.1, 0.15) is 45.4 Å². The molecule has 31 heavy (non-hydrogen) atoms. The highest BCUT2D eigenvalue weighted by molar-refractivity contribution is 7.89. The SMILES string of the molecule is CCCCNS(=O)(=O)c1ccc(N=Nc2ccc(OCCCCCC(=O)O)cc2)cc1. The number of nitrogens with one attached hydrogen (secondary N) is 1. The number of carbonyl (C=O) groups is 1. The first-order valence-electron chi connectivity index (χ1n) is 10.4. The summed E-state index contributed by atoms with van der Waals surface area (Å²) < 4.78 is 32.6. The van der Waals surface area contributed by atoms with E-state index >= 15 is 0 Å². The van der Waals surface area contributed by atoms with Crippen LogP contribution in [0.5, 0.6) is 5.75 Å². The minimum Gasteiger partial charge on any atom is -0.494 e. The van der Waals surface area contributed by atoms with Gasteiger partial charge in [0.25, 0.3) is 0 Å². The maximum Gasteiger partial charge on any atom is 0.303 e. The molecule has 0 aliphatic heterocycles. The van der Waals surface area contributed by atoms with Crippen molar-refractivity contribution in [2.75, 3.05) is 13.2 Å². The van der Waals surface area contributed by atoms with Crippen molar-refractivity contribution in [2.45, 2.75) is 50.3 Å². The van der Waals surface area contributed by atoms with Crippen LogP contribution >= 0.6 is 0 Å². The molecular weight excluding hydrogens is 418 g/mol. The lowest BCUT2D eigenvalue weighted by Crippen LogP contribution is -2.24. The van der Waals surface area contributed by atoms with Gasteiger partial charge in [0.15, 0.2) is 0 Å². The lowest BCUT2D eigenvalue weighted by Gasteiger charge is -2.06. The third kappa shape index (κ3) is 9.27. The molecule has 8 nitrogen and oxygen atoms in total. The average molecular weight is 448 g/mol. The van der Waals surface area contributed by atoms with Gasteiger partial charge in [-0.2, -0.15) is 10.2 Å². The Morgan fingerprint density at radius 2 is 1.55 bits per heavy atom. The van der Waals surface area contributed by atoms with Crippen LogP contribution in [0.15, 0.2) is 63.7 Å². The van der Waals surface area contributed by atoms with Crippen molar-refractivity contribution in [3.63, 3.8) is 0 Å². The molecule has 9 heteroatoms. The summed E-state index contributed by atoms with van der Waals surface area (Å²) in [5.41, 5.74) is 1.20. The Morgan fingerprint density at radius 3 is 2.13 bits per heavy atom. The van der Waals surface area contributed by atoms with Crippen LogP contribution < -0.4 is 9.46 Å². The fourth-order valence-electron chi connectivity index (χ4n) is 2.63. The molecule has 2 aromatic carbocycles. The molecule has 0 aromatic heterocycles. The summed E-state index contributed by atoms with van der Waals surface area (Å²) >= 11 is 0. The van der Waals surface area contributed by atoms with Gasteiger partial charge in [-0.15, -0.1) is 0 Å². The molecule has 168 valence electrons. The number of rotatable bonds is 14. The fraction of sp³-hybridized carbons (Fsp3) is 0.409. The maximum absolute atomic E-state index is 12.2. The molecule has 2 N–H and O–H groups in total. The van der Waals surface area contributed by atoms with Crippen LogP contribution in [0.3, 0.4) is 0 Å². The van der Waals surface area contributed by atoms with E-state index in [1.807, 2.05) is 6.92 Å². The topological polar surface area (TPSA) is 117 Å². The molecule has 0 fully saturated rings. The second kappa shape index (κ2) is 12.8. The number of hydrogen-bond acceptors (Lipinski definition) is 6. The zero-order chi connectivity index (χ0) is 22.5. The lowest BCUT2D eigenvalue weighted by atomic mass is 10.2. The van der Waals surface area contributed by atoms with Gasteiger partial charge in [0.1, 0.15) is 5.75 Å². The van der Waals surface area contributed by atoms with Crippen molar-refractivity contribution in [1.82, 2.24) is 4.72 Å². The fourth-order valence-corrected chi connectivity index (χ4v) is 3.70. The van der Waals surface area contributed by atoms with Crippen molar-refractivity contribution in [3.05, 3.63) is 48.5 Å². The van der Waals surface area contributed by atoms with E-state index < -0.39 is 16.0 Å². The van der Waals surface area contributed by atoms with E-state index in [2.05, 4.69) is 15.0 Å². The lowest BCUT2D eigenvalue weighted by molar-refractivity contribution is -0.137. The Kier molecular flexibility index (Phi) is 10.1. The van der Waals surface area contributed by atoms with Gasteiger partial charge in [0.2, 0.25) is 10.0 Å². The first kappa shape index (κ1) is 24.5. The van der Waals surface area contributed by atoms with Crippen LogP contribution in [0.4, 0.5) is 11.4 Å². The molecule has 0 amide bonds. The van der Waals surface area contributed by atoms with E-state index in [-0.39, 0.29) is 11.3 Å². The molecule has 0 saturated carbocycles. The van der Waals surface area contributed by atoms with Crippen molar-refractivity contribution in [2.24, 2.45) is 10.2 Å². The predicted molar refractivity (Wildman–Crippen MR) is 119 cm³/mol. The molecule has 0 atom stereocenters. The Morgan fingerprint density at radius 1 is 0.935 bits per heavy atom. The minimum absolute atomic E-state index is 0.189. The molecule has 0 spiro atoms. The minimum atomic E-state index is -3.50. The van der Waals surface area contributed by atoms with Gasteiger partial charge in [-0.05, 0) is 74.2 Å². The number of nitrogens with zero attached hydrogens (tertiary/aromatic N) is 2. The Hall–Kier alpha value is -2.78. The van der Waals surface area contributed by atoms with E-state index in [1.54, 1.807) is 36.4 Å².